The lowest BCUT2D eigenvalue weighted by Crippen LogP contribution is -2.35. The molecule has 1 amide bonds. The summed E-state index contributed by atoms with van der Waals surface area (Å²) in [6.45, 7) is 11.4. The maximum Gasteiger partial charge on any atom is 0.337 e. The molecule has 0 radical (unpaired) electrons. The SMILES string of the molecule is CC(=O)NC/C=C(C)/C=C/C(C)C/C=C(C)/C=C/C(O)CC1OC(=O)C(C)=C(O)C1C.POOOP. The van der Waals surface area contributed by atoms with Crippen LogP contribution in [0.3, 0.4) is 0 Å². The number of cyclic esters (lactones) is 1. The highest BCUT2D eigenvalue weighted by Gasteiger charge is 2.34. The number of carbonyl (C=O) groups is 2. The van der Waals surface area contributed by atoms with Crippen molar-refractivity contribution in [3.8, 4) is 0 Å². The van der Waals surface area contributed by atoms with Crippen LogP contribution in [0.4, 0.5) is 0 Å². The van der Waals surface area contributed by atoms with Crippen molar-refractivity contribution in [2.75, 3.05) is 6.54 Å². The van der Waals surface area contributed by atoms with E-state index in [1.807, 2.05) is 51.0 Å². The van der Waals surface area contributed by atoms with Crippen molar-refractivity contribution in [2.45, 2.75) is 66.6 Å². The van der Waals surface area contributed by atoms with Crippen LogP contribution in [0.25, 0.3) is 0 Å². The molecule has 1 aliphatic rings. The normalized spacial score (nSPS) is 20.8. The highest BCUT2D eigenvalue weighted by molar-refractivity contribution is 7.10. The number of rotatable bonds is 12. The Kier molecular flexibility index (Phi) is 18.3. The molecule has 0 fully saturated rings. The summed E-state index contributed by atoms with van der Waals surface area (Å²) in [6.07, 6.45) is 11.6. The number of carbonyl (C=O) groups excluding carboxylic acids is 2. The van der Waals surface area contributed by atoms with Crippen LogP contribution in [-0.2, 0) is 28.7 Å². The van der Waals surface area contributed by atoms with Crippen LogP contribution in [0.5, 0.6) is 0 Å². The summed E-state index contributed by atoms with van der Waals surface area (Å²) in [5.74, 6) is -0.524. The number of aliphatic hydroxyl groups is 2. The summed E-state index contributed by atoms with van der Waals surface area (Å²) in [7, 11) is 3.68. The molecule has 6 unspecified atom stereocenters. The van der Waals surface area contributed by atoms with Gasteiger partial charge in [-0.1, -0.05) is 66.5 Å². The Hall–Kier alpha value is -1.86. The first-order valence-corrected chi connectivity index (χ1v) is 12.5. The van der Waals surface area contributed by atoms with Crippen molar-refractivity contribution in [2.24, 2.45) is 11.8 Å². The molecule has 1 rings (SSSR count). The number of amides is 1. The number of aliphatic hydroxyl groups excluding tert-OH is 2. The van der Waals surface area contributed by atoms with Gasteiger partial charge < -0.3 is 20.3 Å². The Morgan fingerprint density at radius 1 is 1.14 bits per heavy atom. The second-order valence-electron chi connectivity index (χ2n) is 8.57. The van der Waals surface area contributed by atoms with Crippen LogP contribution in [0, 0.1) is 11.8 Å². The molecule has 0 saturated heterocycles. The van der Waals surface area contributed by atoms with E-state index in [-0.39, 0.29) is 29.6 Å². The molecule has 9 nitrogen and oxygen atoms in total. The maximum absolute atomic E-state index is 11.8. The predicted octanol–water partition coefficient (Wildman–Crippen LogP) is 4.74. The molecule has 11 heteroatoms. The minimum atomic E-state index is -0.775. The van der Waals surface area contributed by atoms with Gasteiger partial charge in [-0.3, -0.25) is 4.79 Å². The molecule has 0 aromatic rings. The van der Waals surface area contributed by atoms with Crippen LogP contribution < -0.4 is 5.32 Å². The van der Waals surface area contributed by atoms with E-state index in [2.05, 4.69) is 38.8 Å². The second kappa shape index (κ2) is 19.3. The van der Waals surface area contributed by atoms with Crippen LogP contribution in [-0.4, -0.2) is 40.8 Å². The fraction of sp³-hybridized carbons (Fsp3) is 0.520. The number of esters is 1. The van der Waals surface area contributed by atoms with E-state index in [0.717, 1.165) is 17.6 Å². The fourth-order valence-corrected chi connectivity index (χ4v) is 3.24. The lowest BCUT2D eigenvalue weighted by atomic mass is 9.92. The maximum atomic E-state index is 11.8. The Bertz CT molecular complexity index is 849. The summed E-state index contributed by atoms with van der Waals surface area (Å²) in [5, 5.41) is 26.8. The topological polar surface area (TPSA) is 124 Å². The van der Waals surface area contributed by atoms with Gasteiger partial charge in [-0.2, -0.15) is 9.35 Å². The van der Waals surface area contributed by atoms with E-state index in [1.54, 1.807) is 13.0 Å². The molecule has 6 atom stereocenters. The first-order chi connectivity index (χ1) is 16.9. The zero-order chi connectivity index (χ0) is 27.7. The molecular formula is C25H41NO8P2. The van der Waals surface area contributed by atoms with Gasteiger partial charge in [-0.05, 0) is 33.1 Å². The van der Waals surface area contributed by atoms with Crippen LogP contribution >= 0.6 is 18.9 Å². The molecule has 204 valence electrons. The molecule has 36 heavy (non-hydrogen) atoms. The standard InChI is InChI=1S/C25H37NO5.H4O3P2/c1-16(9-10-18(3)13-14-26-21(6)27)7-8-17(2)11-12-22(28)15-23-19(4)24(29)20(5)25(30)31-23;4-2-1-3-5/h8-13,16,19,22-23,28-29H,7,14-15H2,1-6H3,(H,26,27);4-5H2/b10-9+,12-11+,17-8+,18-13+;. The van der Waals surface area contributed by atoms with Gasteiger partial charge in [0.1, 0.15) is 11.9 Å². The highest BCUT2D eigenvalue weighted by atomic mass is 31.0. The van der Waals surface area contributed by atoms with Crippen LogP contribution in [0.1, 0.15) is 54.4 Å². The third-order valence-electron chi connectivity index (χ3n) is 5.35. The number of ether oxygens (including phenoxy) is 1. The van der Waals surface area contributed by atoms with Gasteiger partial charge in [0.15, 0.2) is 0 Å². The van der Waals surface area contributed by atoms with E-state index in [0.29, 0.717) is 12.5 Å². The van der Waals surface area contributed by atoms with Crippen molar-refractivity contribution in [1.29, 1.82) is 0 Å². The van der Waals surface area contributed by atoms with E-state index in [9.17, 15) is 19.8 Å². The molecular weight excluding hydrogens is 504 g/mol. The summed E-state index contributed by atoms with van der Waals surface area (Å²) in [6, 6.07) is 0. The number of hydrogen-bond acceptors (Lipinski definition) is 8. The molecule has 0 aromatic carbocycles. The van der Waals surface area contributed by atoms with Gasteiger partial charge in [0.25, 0.3) is 0 Å². The van der Waals surface area contributed by atoms with E-state index in [1.165, 1.54) is 13.8 Å². The van der Waals surface area contributed by atoms with Gasteiger partial charge >= 0.3 is 5.97 Å². The molecule has 0 bridgehead atoms. The molecule has 0 spiro atoms. The van der Waals surface area contributed by atoms with Gasteiger partial charge in [0, 0.05) is 38.8 Å². The molecule has 0 aromatic heterocycles. The average molecular weight is 546 g/mol. The van der Waals surface area contributed by atoms with Gasteiger partial charge in [0.05, 0.1) is 17.6 Å². The van der Waals surface area contributed by atoms with E-state index in [4.69, 9.17) is 4.74 Å². The smallest absolute Gasteiger partial charge is 0.337 e. The van der Waals surface area contributed by atoms with Crippen molar-refractivity contribution in [3.63, 3.8) is 0 Å². The monoisotopic (exact) mass is 545 g/mol. The molecule has 1 aliphatic heterocycles. The number of hydrogen-bond donors (Lipinski definition) is 3. The van der Waals surface area contributed by atoms with Crippen molar-refractivity contribution < 1.29 is 38.9 Å². The first kappa shape index (κ1) is 34.1. The Morgan fingerprint density at radius 2 is 1.72 bits per heavy atom. The fourth-order valence-electron chi connectivity index (χ4n) is 3.06. The zero-order valence-corrected chi connectivity index (χ0v) is 24.2. The van der Waals surface area contributed by atoms with E-state index < -0.39 is 18.2 Å². The Morgan fingerprint density at radius 3 is 2.28 bits per heavy atom. The van der Waals surface area contributed by atoms with Gasteiger partial charge in [-0.25, -0.2) is 4.79 Å². The van der Waals surface area contributed by atoms with Crippen molar-refractivity contribution in [3.05, 3.63) is 58.9 Å². The lowest BCUT2D eigenvalue weighted by Gasteiger charge is -2.30. The third-order valence-corrected chi connectivity index (χ3v) is 5.50. The van der Waals surface area contributed by atoms with Crippen molar-refractivity contribution in [1.82, 2.24) is 5.32 Å². The first-order valence-electron chi connectivity index (χ1n) is 11.5. The molecule has 0 aliphatic carbocycles. The molecule has 3 N–H and O–H groups in total. The van der Waals surface area contributed by atoms with Gasteiger partial charge in [0.2, 0.25) is 5.91 Å². The third kappa shape index (κ3) is 15.3. The minimum Gasteiger partial charge on any atom is -0.511 e. The molecule has 0 saturated carbocycles. The summed E-state index contributed by atoms with van der Waals surface area (Å²) in [5.41, 5.74) is 2.36. The second-order valence-corrected chi connectivity index (χ2v) is 8.96. The minimum absolute atomic E-state index is 0.0377. The van der Waals surface area contributed by atoms with Crippen LogP contribution in [0.15, 0.2) is 58.9 Å². The Labute approximate surface area is 219 Å². The van der Waals surface area contributed by atoms with Gasteiger partial charge in [-0.15, -0.1) is 0 Å². The largest absolute Gasteiger partial charge is 0.511 e. The Balaban J connectivity index is 0.00000222. The van der Waals surface area contributed by atoms with Crippen molar-refractivity contribution >= 4 is 30.8 Å². The number of allylic oxidation sites excluding steroid dienone is 6. The summed E-state index contributed by atoms with van der Waals surface area (Å²) >= 11 is 0. The average Bonchev–Trinajstić information content (AvgIpc) is 2.82. The quantitative estimate of drug-likeness (QED) is 0.106. The molecule has 1 heterocycles. The zero-order valence-electron chi connectivity index (χ0n) is 21.9. The summed E-state index contributed by atoms with van der Waals surface area (Å²) < 4.78 is 13.1. The summed E-state index contributed by atoms with van der Waals surface area (Å²) in [4.78, 5) is 22.6. The van der Waals surface area contributed by atoms with E-state index >= 15 is 0 Å². The number of nitrogens with one attached hydrogen (secondary N) is 1. The van der Waals surface area contributed by atoms with Crippen LogP contribution in [0.2, 0.25) is 0 Å². The highest BCUT2D eigenvalue weighted by Crippen LogP contribution is 2.28. The lowest BCUT2D eigenvalue weighted by molar-refractivity contribution is -0.399. The predicted molar refractivity (Wildman–Crippen MR) is 146 cm³/mol.